The summed E-state index contributed by atoms with van der Waals surface area (Å²) in [5, 5.41) is 3.09. The summed E-state index contributed by atoms with van der Waals surface area (Å²) in [6.07, 6.45) is 2.57. The molecule has 1 heterocycles. The molecule has 2 aromatic rings. The number of ketones is 2. The van der Waals surface area contributed by atoms with E-state index < -0.39 is 0 Å². The molecule has 0 spiro atoms. The number of anilines is 1. The Hall–Kier alpha value is -2.62. The van der Waals surface area contributed by atoms with Crippen LogP contribution in [0.3, 0.4) is 0 Å². The van der Waals surface area contributed by atoms with Crippen LogP contribution >= 0.6 is 0 Å². The molecular weight excluding hydrogens is 254 g/mol. The van der Waals surface area contributed by atoms with E-state index in [9.17, 15) is 9.59 Å². The van der Waals surface area contributed by atoms with Gasteiger partial charge in [0.05, 0.1) is 11.1 Å². The zero-order chi connectivity index (χ0) is 14.1. The van der Waals surface area contributed by atoms with Crippen molar-refractivity contribution in [3.63, 3.8) is 0 Å². The van der Waals surface area contributed by atoms with Crippen molar-refractivity contribution in [3.8, 4) is 0 Å². The lowest BCUT2D eigenvalue weighted by Gasteiger charge is -2.07. The molecule has 100 valence electrons. The molecule has 0 bridgehead atoms. The van der Waals surface area contributed by atoms with Crippen LogP contribution in [0.25, 0.3) is 0 Å². The van der Waals surface area contributed by atoms with Gasteiger partial charge in [-0.05, 0) is 24.6 Å². The lowest BCUT2D eigenvalue weighted by atomic mass is 9.97. The number of allylic oxidation sites excluding steroid dienone is 2. The highest BCUT2D eigenvalue weighted by Gasteiger charge is 2.29. The molecule has 1 aromatic heterocycles. The average Bonchev–Trinajstić information content (AvgIpc) is 2.80. The normalized spacial score (nSPS) is 13.4. The lowest BCUT2D eigenvalue weighted by molar-refractivity contribution is 0.0995. The first-order chi connectivity index (χ1) is 9.66. The number of rotatable bonds is 3. The number of carbonyl (C=O) groups is 2. The molecular formula is C16H13NO3. The topological polar surface area (TPSA) is 59.3 Å². The summed E-state index contributed by atoms with van der Waals surface area (Å²) in [5.41, 5.74) is 1.78. The van der Waals surface area contributed by atoms with Gasteiger partial charge in [-0.25, -0.2) is 0 Å². The van der Waals surface area contributed by atoms with Gasteiger partial charge in [0.1, 0.15) is 5.76 Å². The maximum absolute atomic E-state index is 11.9. The Kier molecular flexibility index (Phi) is 2.99. The van der Waals surface area contributed by atoms with Gasteiger partial charge >= 0.3 is 0 Å². The van der Waals surface area contributed by atoms with Gasteiger partial charge in [0.15, 0.2) is 11.6 Å². The highest BCUT2D eigenvalue weighted by Crippen LogP contribution is 2.31. The molecule has 3 rings (SSSR count). The molecule has 1 aliphatic rings. The number of hydrogen-bond acceptors (Lipinski definition) is 4. The molecule has 0 fully saturated rings. The Morgan fingerprint density at radius 2 is 1.65 bits per heavy atom. The molecule has 1 aliphatic carbocycles. The SMILES string of the molecule is Cc1oc(NCc2ccccc2)c2c1C(=O)C=CC2=O. The second-order valence-electron chi connectivity index (χ2n) is 4.64. The number of benzene rings is 1. The van der Waals surface area contributed by atoms with Crippen molar-refractivity contribution in [1.29, 1.82) is 0 Å². The highest BCUT2D eigenvalue weighted by atomic mass is 16.4. The molecule has 4 heteroatoms. The van der Waals surface area contributed by atoms with E-state index in [1.54, 1.807) is 6.92 Å². The van der Waals surface area contributed by atoms with Crippen molar-refractivity contribution in [2.75, 3.05) is 5.32 Å². The van der Waals surface area contributed by atoms with Crippen LogP contribution in [-0.2, 0) is 6.54 Å². The van der Waals surface area contributed by atoms with Gasteiger partial charge < -0.3 is 9.73 Å². The Balaban J connectivity index is 1.91. The second-order valence-corrected chi connectivity index (χ2v) is 4.64. The molecule has 0 saturated carbocycles. The summed E-state index contributed by atoms with van der Waals surface area (Å²) in [5.74, 6) is 0.447. The molecule has 0 amide bonds. The standard InChI is InChI=1S/C16H13NO3/c1-10-14-12(18)7-8-13(19)15(14)16(20-10)17-9-11-5-3-2-4-6-11/h2-8,17H,9H2,1H3. The minimum absolute atomic E-state index is 0.186. The zero-order valence-corrected chi connectivity index (χ0v) is 11.0. The van der Waals surface area contributed by atoms with Crippen LogP contribution in [0.5, 0.6) is 0 Å². The number of furan rings is 1. The number of fused-ring (bicyclic) bond motifs is 1. The van der Waals surface area contributed by atoms with Crippen molar-refractivity contribution in [3.05, 3.63) is 64.9 Å². The van der Waals surface area contributed by atoms with Crippen LogP contribution in [-0.4, -0.2) is 11.6 Å². The van der Waals surface area contributed by atoms with Gasteiger partial charge in [-0.1, -0.05) is 30.3 Å². The molecule has 20 heavy (non-hydrogen) atoms. The summed E-state index contributed by atoms with van der Waals surface area (Å²) in [7, 11) is 0. The van der Waals surface area contributed by atoms with Crippen molar-refractivity contribution < 1.29 is 14.0 Å². The largest absolute Gasteiger partial charge is 0.444 e. The monoisotopic (exact) mass is 267 g/mol. The van der Waals surface area contributed by atoms with Gasteiger partial charge in [0, 0.05) is 6.54 Å². The van der Waals surface area contributed by atoms with Gasteiger partial charge in [-0.15, -0.1) is 0 Å². The van der Waals surface area contributed by atoms with Gasteiger partial charge in [-0.3, -0.25) is 9.59 Å². The first-order valence-electron chi connectivity index (χ1n) is 6.34. The minimum Gasteiger partial charge on any atom is -0.444 e. The maximum atomic E-state index is 11.9. The molecule has 0 atom stereocenters. The summed E-state index contributed by atoms with van der Waals surface area (Å²) in [6.45, 7) is 2.22. The molecule has 0 aliphatic heterocycles. The molecule has 1 aromatic carbocycles. The first-order valence-corrected chi connectivity index (χ1v) is 6.34. The maximum Gasteiger partial charge on any atom is 0.205 e. The van der Waals surface area contributed by atoms with Crippen molar-refractivity contribution in [2.24, 2.45) is 0 Å². The predicted octanol–water partition coefficient (Wildman–Crippen LogP) is 3.14. The average molecular weight is 267 g/mol. The third kappa shape index (κ3) is 2.05. The zero-order valence-electron chi connectivity index (χ0n) is 11.0. The van der Waals surface area contributed by atoms with E-state index in [4.69, 9.17) is 4.42 Å². The second kappa shape index (κ2) is 4.81. The van der Waals surface area contributed by atoms with Gasteiger partial charge in [0.25, 0.3) is 0 Å². The van der Waals surface area contributed by atoms with Crippen LogP contribution in [0.2, 0.25) is 0 Å². The van der Waals surface area contributed by atoms with Crippen LogP contribution in [0.4, 0.5) is 5.88 Å². The molecule has 4 nitrogen and oxygen atoms in total. The van der Waals surface area contributed by atoms with E-state index in [1.165, 1.54) is 12.2 Å². The van der Waals surface area contributed by atoms with Crippen molar-refractivity contribution in [1.82, 2.24) is 0 Å². The number of carbonyl (C=O) groups excluding carboxylic acids is 2. The minimum atomic E-state index is -0.202. The Labute approximate surface area is 116 Å². The van der Waals surface area contributed by atoms with Crippen LogP contribution in [0, 0.1) is 6.92 Å². The number of hydrogen-bond donors (Lipinski definition) is 1. The van der Waals surface area contributed by atoms with Gasteiger partial charge in [-0.2, -0.15) is 0 Å². The van der Waals surface area contributed by atoms with E-state index in [0.717, 1.165) is 5.56 Å². The third-order valence-corrected chi connectivity index (χ3v) is 3.26. The fourth-order valence-electron chi connectivity index (χ4n) is 2.30. The van der Waals surface area contributed by atoms with Crippen LogP contribution < -0.4 is 5.32 Å². The Bertz CT molecular complexity index is 711. The fourth-order valence-corrected chi connectivity index (χ4v) is 2.30. The summed E-state index contributed by atoms with van der Waals surface area (Å²) in [4.78, 5) is 23.8. The third-order valence-electron chi connectivity index (χ3n) is 3.26. The summed E-state index contributed by atoms with van der Waals surface area (Å²) >= 11 is 0. The number of nitrogens with one attached hydrogen (secondary N) is 1. The lowest BCUT2D eigenvalue weighted by Crippen LogP contribution is -2.12. The van der Waals surface area contributed by atoms with E-state index in [0.29, 0.717) is 29.3 Å². The van der Waals surface area contributed by atoms with Crippen molar-refractivity contribution >= 4 is 17.5 Å². The quantitative estimate of drug-likeness (QED) is 0.928. The van der Waals surface area contributed by atoms with Crippen LogP contribution in [0.15, 0.2) is 46.9 Å². The molecule has 0 radical (unpaired) electrons. The summed E-state index contributed by atoms with van der Waals surface area (Å²) in [6, 6.07) is 9.77. The molecule has 0 saturated heterocycles. The Morgan fingerprint density at radius 3 is 2.35 bits per heavy atom. The molecule has 0 unspecified atom stereocenters. The summed E-state index contributed by atoms with van der Waals surface area (Å²) < 4.78 is 5.54. The Morgan fingerprint density at radius 1 is 1.00 bits per heavy atom. The smallest absolute Gasteiger partial charge is 0.205 e. The van der Waals surface area contributed by atoms with E-state index in [-0.39, 0.29) is 11.6 Å². The van der Waals surface area contributed by atoms with E-state index in [1.807, 2.05) is 30.3 Å². The first kappa shape index (κ1) is 12.4. The number of aryl methyl sites for hydroxylation is 1. The van der Waals surface area contributed by atoms with Crippen molar-refractivity contribution in [2.45, 2.75) is 13.5 Å². The van der Waals surface area contributed by atoms with E-state index >= 15 is 0 Å². The van der Waals surface area contributed by atoms with Gasteiger partial charge in [0.2, 0.25) is 5.88 Å². The predicted molar refractivity (Wildman–Crippen MR) is 75.0 cm³/mol. The fraction of sp³-hybridized carbons (Fsp3) is 0.125. The highest BCUT2D eigenvalue weighted by molar-refractivity contribution is 6.24. The van der Waals surface area contributed by atoms with E-state index in [2.05, 4.69) is 5.32 Å². The van der Waals surface area contributed by atoms with Crippen LogP contribution in [0.1, 0.15) is 32.0 Å². The molecule has 1 N–H and O–H groups in total.